The number of aliphatic hydroxyl groups is 1. The second-order valence-corrected chi connectivity index (χ2v) is 3.90. The molecule has 1 heterocycles. The van der Waals surface area contributed by atoms with E-state index in [1.54, 1.807) is 0 Å². The molecule has 0 amide bonds. The lowest BCUT2D eigenvalue weighted by atomic mass is 9.95. The van der Waals surface area contributed by atoms with E-state index in [4.69, 9.17) is 0 Å². The second kappa shape index (κ2) is 4.06. The van der Waals surface area contributed by atoms with E-state index in [0.29, 0.717) is 0 Å². The quantitative estimate of drug-likeness (QED) is 0.632. The van der Waals surface area contributed by atoms with Crippen molar-refractivity contribution in [1.82, 2.24) is 4.90 Å². The van der Waals surface area contributed by atoms with Gasteiger partial charge < -0.3 is 5.11 Å². The van der Waals surface area contributed by atoms with Crippen LogP contribution < -0.4 is 0 Å². The first-order valence-electron chi connectivity index (χ1n) is 4.70. The average molecular weight is 169 g/mol. The van der Waals surface area contributed by atoms with E-state index in [1.807, 2.05) is 13.8 Å². The summed E-state index contributed by atoms with van der Waals surface area (Å²) in [7, 11) is 0. The van der Waals surface area contributed by atoms with Gasteiger partial charge in [0.15, 0.2) is 0 Å². The molecular weight excluding hydrogens is 150 g/mol. The number of hydrogen-bond acceptors (Lipinski definition) is 2. The molecular formula is C10H19NO. The molecule has 1 unspecified atom stereocenters. The van der Waals surface area contributed by atoms with Crippen molar-refractivity contribution in [3.63, 3.8) is 0 Å². The zero-order valence-electron chi connectivity index (χ0n) is 8.08. The molecule has 0 aromatic heterocycles. The van der Waals surface area contributed by atoms with Crippen molar-refractivity contribution in [3.8, 4) is 0 Å². The molecule has 0 aromatic carbocycles. The number of allylic oxidation sites excluding steroid dienone is 1. The van der Waals surface area contributed by atoms with Crippen molar-refractivity contribution >= 4 is 0 Å². The van der Waals surface area contributed by atoms with Gasteiger partial charge in [0, 0.05) is 13.1 Å². The highest BCUT2D eigenvalue weighted by Gasteiger charge is 2.27. The SMILES string of the molecule is C/C=C/CN1CCCC(C)(O)C1. The molecule has 2 heteroatoms. The van der Waals surface area contributed by atoms with Crippen molar-refractivity contribution < 1.29 is 5.11 Å². The first-order chi connectivity index (χ1) is 5.64. The van der Waals surface area contributed by atoms with Crippen molar-refractivity contribution in [2.75, 3.05) is 19.6 Å². The molecule has 0 radical (unpaired) electrons. The van der Waals surface area contributed by atoms with Crippen LogP contribution in [0.1, 0.15) is 26.7 Å². The van der Waals surface area contributed by atoms with Crippen LogP contribution in [0.2, 0.25) is 0 Å². The standard InChI is InChI=1S/C10H19NO/c1-3-4-7-11-8-5-6-10(2,12)9-11/h3-4,12H,5-9H2,1-2H3/b4-3+. The lowest BCUT2D eigenvalue weighted by Gasteiger charge is -2.36. The number of nitrogens with zero attached hydrogens (tertiary/aromatic N) is 1. The zero-order chi connectivity index (χ0) is 9.03. The van der Waals surface area contributed by atoms with Gasteiger partial charge in [-0.2, -0.15) is 0 Å². The van der Waals surface area contributed by atoms with Crippen LogP contribution in [0.5, 0.6) is 0 Å². The van der Waals surface area contributed by atoms with E-state index < -0.39 is 5.60 Å². The molecule has 70 valence electrons. The van der Waals surface area contributed by atoms with E-state index in [0.717, 1.165) is 32.5 Å². The minimum absolute atomic E-state index is 0.459. The Kier molecular flexibility index (Phi) is 3.29. The highest BCUT2D eigenvalue weighted by Crippen LogP contribution is 2.19. The Morgan fingerprint density at radius 1 is 1.58 bits per heavy atom. The summed E-state index contributed by atoms with van der Waals surface area (Å²) >= 11 is 0. The Balaban J connectivity index is 2.36. The smallest absolute Gasteiger partial charge is 0.0746 e. The highest BCUT2D eigenvalue weighted by molar-refractivity contribution is 4.88. The third-order valence-electron chi connectivity index (χ3n) is 2.35. The van der Waals surface area contributed by atoms with E-state index >= 15 is 0 Å². The molecule has 1 saturated heterocycles. The number of piperidine rings is 1. The van der Waals surface area contributed by atoms with Gasteiger partial charge in [0.25, 0.3) is 0 Å². The third-order valence-corrected chi connectivity index (χ3v) is 2.35. The third kappa shape index (κ3) is 2.95. The summed E-state index contributed by atoms with van der Waals surface area (Å²) in [6, 6.07) is 0. The van der Waals surface area contributed by atoms with Gasteiger partial charge in [0.05, 0.1) is 5.60 Å². The lowest BCUT2D eigenvalue weighted by molar-refractivity contribution is -0.0116. The molecule has 1 aliphatic heterocycles. The summed E-state index contributed by atoms with van der Waals surface area (Å²) in [5.74, 6) is 0. The Bertz CT molecular complexity index is 163. The molecule has 2 nitrogen and oxygen atoms in total. The molecule has 1 aliphatic rings. The van der Waals surface area contributed by atoms with E-state index in [9.17, 15) is 5.11 Å². The summed E-state index contributed by atoms with van der Waals surface area (Å²) in [5.41, 5.74) is -0.459. The fourth-order valence-electron chi connectivity index (χ4n) is 1.73. The maximum Gasteiger partial charge on any atom is 0.0746 e. The van der Waals surface area contributed by atoms with Crippen LogP contribution in [-0.4, -0.2) is 35.2 Å². The predicted octanol–water partition coefficient (Wildman–Crippen LogP) is 1.41. The van der Waals surface area contributed by atoms with Crippen molar-refractivity contribution in [3.05, 3.63) is 12.2 Å². The van der Waals surface area contributed by atoms with Crippen LogP contribution in [0.25, 0.3) is 0 Å². The first-order valence-corrected chi connectivity index (χ1v) is 4.70. The maximum absolute atomic E-state index is 9.78. The molecule has 1 N–H and O–H groups in total. The van der Waals surface area contributed by atoms with Gasteiger partial charge in [0.1, 0.15) is 0 Å². The van der Waals surface area contributed by atoms with Gasteiger partial charge in [-0.25, -0.2) is 0 Å². The average Bonchev–Trinajstić information content (AvgIpc) is 1.99. The molecule has 0 spiro atoms. The second-order valence-electron chi connectivity index (χ2n) is 3.90. The van der Waals surface area contributed by atoms with Gasteiger partial charge >= 0.3 is 0 Å². The number of likely N-dealkylation sites (tertiary alicyclic amines) is 1. The monoisotopic (exact) mass is 169 g/mol. The molecule has 1 atom stereocenters. The van der Waals surface area contributed by atoms with Gasteiger partial charge in [-0.1, -0.05) is 12.2 Å². The molecule has 0 bridgehead atoms. The molecule has 0 aromatic rings. The topological polar surface area (TPSA) is 23.5 Å². The van der Waals surface area contributed by atoms with Gasteiger partial charge in [-0.3, -0.25) is 4.90 Å². The van der Waals surface area contributed by atoms with Crippen LogP contribution >= 0.6 is 0 Å². The van der Waals surface area contributed by atoms with Crippen LogP contribution in [0.3, 0.4) is 0 Å². The van der Waals surface area contributed by atoms with E-state index in [1.165, 1.54) is 0 Å². The largest absolute Gasteiger partial charge is 0.389 e. The minimum Gasteiger partial charge on any atom is -0.389 e. The van der Waals surface area contributed by atoms with Crippen molar-refractivity contribution in [2.45, 2.75) is 32.3 Å². The van der Waals surface area contributed by atoms with Gasteiger partial charge in [-0.05, 0) is 33.2 Å². The number of rotatable bonds is 2. The summed E-state index contributed by atoms with van der Waals surface area (Å²) in [4.78, 5) is 2.30. The molecule has 1 rings (SSSR count). The maximum atomic E-state index is 9.78. The summed E-state index contributed by atoms with van der Waals surface area (Å²) < 4.78 is 0. The van der Waals surface area contributed by atoms with Crippen molar-refractivity contribution in [2.24, 2.45) is 0 Å². The molecule has 1 fully saturated rings. The fourth-order valence-corrected chi connectivity index (χ4v) is 1.73. The minimum atomic E-state index is -0.459. The van der Waals surface area contributed by atoms with Crippen LogP contribution in [-0.2, 0) is 0 Å². The summed E-state index contributed by atoms with van der Waals surface area (Å²) in [6.45, 7) is 6.88. The van der Waals surface area contributed by atoms with E-state index in [-0.39, 0.29) is 0 Å². The summed E-state index contributed by atoms with van der Waals surface area (Å²) in [5, 5.41) is 9.78. The van der Waals surface area contributed by atoms with Gasteiger partial charge in [0.2, 0.25) is 0 Å². The summed E-state index contributed by atoms with van der Waals surface area (Å²) in [6.07, 6.45) is 6.26. The number of β-amino-alcohol motifs (C(OH)–C–C–N with tert-alkyl or cyclic N) is 1. The Morgan fingerprint density at radius 2 is 2.33 bits per heavy atom. The van der Waals surface area contributed by atoms with Crippen LogP contribution in [0.4, 0.5) is 0 Å². The molecule has 12 heavy (non-hydrogen) atoms. The molecule has 0 saturated carbocycles. The Labute approximate surface area is 74.9 Å². The van der Waals surface area contributed by atoms with Crippen LogP contribution in [0, 0.1) is 0 Å². The van der Waals surface area contributed by atoms with Crippen molar-refractivity contribution in [1.29, 1.82) is 0 Å². The predicted molar refractivity (Wildman–Crippen MR) is 51.1 cm³/mol. The normalized spacial score (nSPS) is 32.9. The Morgan fingerprint density at radius 3 is 2.92 bits per heavy atom. The fraction of sp³-hybridized carbons (Fsp3) is 0.800. The Hall–Kier alpha value is -0.340. The van der Waals surface area contributed by atoms with E-state index in [2.05, 4.69) is 17.1 Å². The highest BCUT2D eigenvalue weighted by atomic mass is 16.3. The number of hydrogen-bond donors (Lipinski definition) is 1. The molecule has 0 aliphatic carbocycles. The zero-order valence-corrected chi connectivity index (χ0v) is 8.08. The van der Waals surface area contributed by atoms with Gasteiger partial charge in [-0.15, -0.1) is 0 Å². The first kappa shape index (κ1) is 9.75. The van der Waals surface area contributed by atoms with Crippen LogP contribution in [0.15, 0.2) is 12.2 Å². The lowest BCUT2D eigenvalue weighted by Crippen LogP contribution is -2.45.